The van der Waals surface area contributed by atoms with Gasteiger partial charge in [0.15, 0.2) is 9.84 Å². The van der Waals surface area contributed by atoms with E-state index in [0.29, 0.717) is 0 Å². The molecule has 2 N–H and O–H groups in total. The van der Waals surface area contributed by atoms with Crippen molar-refractivity contribution in [2.24, 2.45) is 0 Å². The van der Waals surface area contributed by atoms with Gasteiger partial charge >= 0.3 is 0 Å². The molecule has 1 saturated carbocycles. The molecule has 1 amide bonds. The van der Waals surface area contributed by atoms with Gasteiger partial charge in [-0.05, 0) is 37.0 Å². The Morgan fingerprint density at radius 2 is 1.54 bits per heavy atom. The molecule has 7 nitrogen and oxygen atoms in total. The number of sulfone groups is 1. The van der Waals surface area contributed by atoms with E-state index in [-0.39, 0.29) is 22.3 Å². The van der Waals surface area contributed by atoms with Crippen molar-refractivity contribution in [3.8, 4) is 0 Å². The smallest absolute Gasteiger partial charge is 0.242 e. The summed E-state index contributed by atoms with van der Waals surface area (Å²) in [6, 6.07) is 13.4. The summed E-state index contributed by atoms with van der Waals surface area (Å²) in [6.07, 6.45) is 2.84. The first-order valence-corrected chi connectivity index (χ1v) is 12.2. The minimum atomic E-state index is -4.24. The highest BCUT2D eigenvalue weighted by Gasteiger charge is 2.32. The fourth-order valence-electron chi connectivity index (χ4n) is 2.80. The van der Waals surface area contributed by atoms with Gasteiger partial charge in [0.1, 0.15) is 10.9 Å². The van der Waals surface area contributed by atoms with Crippen molar-refractivity contribution in [1.82, 2.24) is 10.0 Å². The number of rotatable bonds is 8. The molecule has 0 aliphatic heterocycles. The van der Waals surface area contributed by atoms with Crippen LogP contribution in [0.4, 0.5) is 0 Å². The van der Waals surface area contributed by atoms with Crippen molar-refractivity contribution in [2.75, 3.05) is 6.26 Å². The Morgan fingerprint density at radius 3 is 2.11 bits per heavy atom. The van der Waals surface area contributed by atoms with Crippen molar-refractivity contribution in [3.63, 3.8) is 0 Å². The molecule has 0 aromatic heterocycles. The van der Waals surface area contributed by atoms with E-state index in [9.17, 15) is 21.6 Å². The largest absolute Gasteiger partial charge is 0.352 e. The lowest BCUT2D eigenvalue weighted by atomic mass is 10.1. The molecule has 0 spiro atoms. The molecule has 150 valence electrons. The second-order valence-electron chi connectivity index (χ2n) is 6.87. The Hall–Kier alpha value is -2.23. The Balaban J connectivity index is 1.92. The van der Waals surface area contributed by atoms with E-state index < -0.39 is 31.8 Å². The van der Waals surface area contributed by atoms with Crippen LogP contribution in [0.5, 0.6) is 0 Å². The molecular weight excluding hydrogens is 400 g/mol. The third-order valence-electron chi connectivity index (χ3n) is 4.36. The van der Waals surface area contributed by atoms with Gasteiger partial charge in [-0.1, -0.05) is 42.5 Å². The van der Waals surface area contributed by atoms with E-state index in [1.54, 1.807) is 24.3 Å². The second-order valence-corrected chi connectivity index (χ2v) is 10.5. The van der Waals surface area contributed by atoms with Gasteiger partial charge in [0, 0.05) is 12.3 Å². The average Bonchev–Trinajstić information content (AvgIpc) is 3.45. The van der Waals surface area contributed by atoms with E-state index in [4.69, 9.17) is 0 Å². The fraction of sp³-hybridized carbons (Fsp3) is 0.316. The molecule has 0 heterocycles. The third kappa shape index (κ3) is 5.18. The van der Waals surface area contributed by atoms with Crippen LogP contribution in [0.15, 0.2) is 64.4 Å². The molecule has 1 fully saturated rings. The summed E-state index contributed by atoms with van der Waals surface area (Å²) in [5.74, 6) is -0.424. The van der Waals surface area contributed by atoms with E-state index in [1.807, 2.05) is 6.07 Å². The van der Waals surface area contributed by atoms with Crippen molar-refractivity contribution >= 4 is 25.8 Å². The molecular formula is C19H22N2O5S2. The van der Waals surface area contributed by atoms with Gasteiger partial charge in [0.2, 0.25) is 15.9 Å². The summed E-state index contributed by atoms with van der Waals surface area (Å²) < 4.78 is 52.3. The van der Waals surface area contributed by atoms with Crippen molar-refractivity contribution in [3.05, 3.63) is 60.2 Å². The van der Waals surface area contributed by atoms with Crippen LogP contribution in [0, 0.1) is 0 Å². The molecule has 0 bridgehead atoms. The van der Waals surface area contributed by atoms with E-state index in [1.165, 1.54) is 24.3 Å². The summed E-state index contributed by atoms with van der Waals surface area (Å²) in [5, 5.41) is 2.81. The number of amides is 1. The first-order chi connectivity index (χ1) is 13.2. The summed E-state index contributed by atoms with van der Waals surface area (Å²) in [7, 11) is -8.00. The SMILES string of the molecule is CS(=O)(=O)c1ccccc1S(=O)(=O)NC(Cc1ccccc1)C(=O)NC1CC1. The lowest BCUT2D eigenvalue weighted by Crippen LogP contribution is -2.48. The second kappa shape index (κ2) is 8.02. The lowest BCUT2D eigenvalue weighted by Gasteiger charge is -2.19. The van der Waals surface area contributed by atoms with Gasteiger partial charge < -0.3 is 5.32 Å². The van der Waals surface area contributed by atoms with E-state index in [2.05, 4.69) is 10.0 Å². The van der Waals surface area contributed by atoms with Crippen LogP contribution in [-0.2, 0) is 31.1 Å². The molecule has 1 atom stereocenters. The first-order valence-electron chi connectivity index (χ1n) is 8.82. The predicted molar refractivity (Wildman–Crippen MR) is 105 cm³/mol. The lowest BCUT2D eigenvalue weighted by molar-refractivity contribution is -0.122. The van der Waals surface area contributed by atoms with E-state index in [0.717, 1.165) is 24.7 Å². The Morgan fingerprint density at radius 1 is 0.964 bits per heavy atom. The number of benzene rings is 2. The van der Waals surface area contributed by atoms with Gasteiger partial charge in [0.25, 0.3) is 0 Å². The summed E-state index contributed by atoms with van der Waals surface area (Å²) in [6.45, 7) is 0. The van der Waals surface area contributed by atoms with E-state index >= 15 is 0 Å². The van der Waals surface area contributed by atoms with Gasteiger partial charge in [0.05, 0.1) is 4.90 Å². The molecule has 1 aliphatic rings. The number of nitrogens with one attached hydrogen (secondary N) is 2. The van der Waals surface area contributed by atoms with Crippen LogP contribution in [0.2, 0.25) is 0 Å². The monoisotopic (exact) mass is 422 g/mol. The molecule has 28 heavy (non-hydrogen) atoms. The topological polar surface area (TPSA) is 109 Å². The summed E-state index contributed by atoms with van der Waals surface area (Å²) in [5.41, 5.74) is 0.789. The van der Waals surface area contributed by atoms with Crippen LogP contribution < -0.4 is 10.0 Å². The summed E-state index contributed by atoms with van der Waals surface area (Å²) in [4.78, 5) is 12.0. The number of carbonyl (C=O) groups is 1. The normalized spacial score (nSPS) is 15.8. The maximum atomic E-state index is 13.0. The Kier molecular flexibility index (Phi) is 5.87. The molecule has 0 radical (unpaired) electrons. The zero-order valence-electron chi connectivity index (χ0n) is 15.3. The molecule has 0 saturated heterocycles. The predicted octanol–water partition coefficient (Wildman–Crippen LogP) is 1.26. The van der Waals surface area contributed by atoms with Crippen LogP contribution in [0.3, 0.4) is 0 Å². The molecule has 2 aromatic carbocycles. The fourth-order valence-corrected chi connectivity index (χ4v) is 5.62. The van der Waals surface area contributed by atoms with Gasteiger partial charge in [-0.15, -0.1) is 0 Å². The average molecular weight is 423 g/mol. The molecule has 3 rings (SSSR count). The third-order valence-corrected chi connectivity index (χ3v) is 7.17. The molecule has 9 heteroatoms. The zero-order chi connectivity index (χ0) is 20.4. The van der Waals surface area contributed by atoms with Crippen LogP contribution in [-0.4, -0.2) is 41.1 Å². The van der Waals surface area contributed by atoms with Crippen molar-refractivity contribution < 1.29 is 21.6 Å². The zero-order valence-corrected chi connectivity index (χ0v) is 17.0. The number of carbonyl (C=O) groups excluding carboxylic acids is 1. The Labute approximate surface area is 165 Å². The van der Waals surface area contributed by atoms with Crippen LogP contribution >= 0.6 is 0 Å². The number of hydrogen-bond acceptors (Lipinski definition) is 5. The number of sulfonamides is 1. The quantitative estimate of drug-likeness (QED) is 0.666. The van der Waals surface area contributed by atoms with Crippen LogP contribution in [0.1, 0.15) is 18.4 Å². The van der Waals surface area contributed by atoms with Gasteiger partial charge in [-0.25, -0.2) is 16.8 Å². The maximum Gasteiger partial charge on any atom is 0.242 e. The van der Waals surface area contributed by atoms with Crippen LogP contribution in [0.25, 0.3) is 0 Å². The highest BCUT2D eigenvalue weighted by atomic mass is 32.2. The molecule has 1 aliphatic carbocycles. The minimum Gasteiger partial charge on any atom is -0.352 e. The van der Waals surface area contributed by atoms with Crippen molar-refractivity contribution in [1.29, 1.82) is 0 Å². The molecule has 1 unspecified atom stereocenters. The Bertz CT molecular complexity index is 1060. The standard InChI is InChI=1S/C19H22N2O5S2/c1-27(23,24)17-9-5-6-10-18(17)28(25,26)21-16(19(22)20-15-11-12-15)13-14-7-3-2-4-8-14/h2-10,15-16,21H,11-13H2,1H3,(H,20,22). The maximum absolute atomic E-state index is 13.0. The number of hydrogen-bond donors (Lipinski definition) is 2. The van der Waals surface area contributed by atoms with Gasteiger partial charge in [-0.2, -0.15) is 4.72 Å². The highest BCUT2D eigenvalue weighted by molar-refractivity contribution is 7.93. The van der Waals surface area contributed by atoms with Crippen molar-refractivity contribution in [2.45, 2.75) is 41.1 Å². The molecule has 2 aromatic rings. The first kappa shape index (κ1) is 20.5. The van der Waals surface area contributed by atoms with Gasteiger partial charge in [-0.3, -0.25) is 4.79 Å². The minimum absolute atomic E-state index is 0.0681. The summed E-state index contributed by atoms with van der Waals surface area (Å²) >= 11 is 0. The highest BCUT2D eigenvalue weighted by Crippen LogP contribution is 2.22.